The van der Waals surface area contributed by atoms with Crippen LogP contribution in [0.3, 0.4) is 0 Å². The topological polar surface area (TPSA) is 133 Å². The van der Waals surface area contributed by atoms with Crippen molar-refractivity contribution in [2.75, 3.05) is 27.8 Å². The summed E-state index contributed by atoms with van der Waals surface area (Å²) in [4.78, 5) is 11.2. The monoisotopic (exact) mass is 668 g/mol. The van der Waals surface area contributed by atoms with Crippen LogP contribution in [0.5, 0.6) is 0 Å². The SMILES string of the molecule is C=C/C=C\[C@H](C)[C@H](OC=O)C(C)[C@H](O)C(C)C/C(C)=C\[C@H](C)[C@@H](OCOC)[C@@H](C)/C=C\[C@H](C[C@@H]1O[C@@H](O)[C@H](C)[C@@H](O)C1C)OCOC. The van der Waals surface area contributed by atoms with Crippen LogP contribution in [0.4, 0.5) is 0 Å². The Labute approximate surface area is 283 Å². The largest absolute Gasteiger partial charge is 0.464 e. The van der Waals surface area contributed by atoms with E-state index in [9.17, 15) is 20.1 Å². The van der Waals surface area contributed by atoms with Gasteiger partial charge in [-0.1, -0.05) is 97.1 Å². The Morgan fingerprint density at radius 1 is 0.894 bits per heavy atom. The number of hydrogen-bond donors (Lipinski definition) is 3. The molecule has 1 aliphatic heterocycles. The Morgan fingerprint density at radius 2 is 1.51 bits per heavy atom. The van der Waals surface area contributed by atoms with E-state index in [1.165, 1.54) is 0 Å². The van der Waals surface area contributed by atoms with Crippen molar-refractivity contribution in [3.63, 3.8) is 0 Å². The highest BCUT2D eigenvalue weighted by Crippen LogP contribution is 2.33. The van der Waals surface area contributed by atoms with Crippen LogP contribution < -0.4 is 0 Å². The normalized spacial score (nSPS) is 28.3. The highest BCUT2D eigenvalue weighted by molar-refractivity contribution is 5.37. The van der Waals surface area contributed by atoms with Gasteiger partial charge in [-0.3, -0.25) is 4.79 Å². The Morgan fingerprint density at radius 3 is 2.11 bits per heavy atom. The summed E-state index contributed by atoms with van der Waals surface area (Å²) in [5.74, 6) is -1.02. The quantitative estimate of drug-likeness (QED) is 0.0561. The summed E-state index contributed by atoms with van der Waals surface area (Å²) >= 11 is 0. The predicted octanol–water partition coefficient (Wildman–Crippen LogP) is 5.42. The fourth-order valence-electron chi connectivity index (χ4n) is 6.60. The average Bonchev–Trinajstić information content (AvgIpc) is 3.04. The number of carbonyl (C=O) groups excluding carboxylic acids is 1. The summed E-state index contributed by atoms with van der Waals surface area (Å²) in [7, 11) is 3.15. The molecular weight excluding hydrogens is 604 g/mol. The summed E-state index contributed by atoms with van der Waals surface area (Å²) in [5.41, 5.74) is 1.11. The van der Waals surface area contributed by atoms with Crippen LogP contribution in [-0.2, 0) is 33.2 Å². The molecule has 47 heavy (non-hydrogen) atoms. The van der Waals surface area contributed by atoms with Gasteiger partial charge in [0, 0.05) is 56.1 Å². The van der Waals surface area contributed by atoms with Gasteiger partial charge in [0.2, 0.25) is 0 Å². The van der Waals surface area contributed by atoms with E-state index < -0.39 is 30.7 Å². The molecule has 272 valence electrons. The lowest BCUT2D eigenvalue weighted by atomic mass is 9.81. The third kappa shape index (κ3) is 14.2. The maximum atomic E-state index is 11.2. The van der Waals surface area contributed by atoms with Gasteiger partial charge in [0.15, 0.2) is 6.29 Å². The van der Waals surface area contributed by atoms with E-state index in [-0.39, 0.29) is 67.2 Å². The first-order chi connectivity index (χ1) is 22.2. The third-order valence-electron chi connectivity index (χ3n) is 9.45. The highest BCUT2D eigenvalue weighted by atomic mass is 16.7. The third-order valence-corrected chi connectivity index (χ3v) is 9.45. The second-order valence-corrected chi connectivity index (χ2v) is 13.5. The lowest BCUT2D eigenvalue weighted by Gasteiger charge is -2.41. The molecule has 0 amide bonds. The first kappa shape index (κ1) is 43.1. The van der Waals surface area contributed by atoms with Crippen molar-refractivity contribution in [3.05, 3.63) is 48.6 Å². The number of allylic oxidation sites excluding steroid dienone is 3. The van der Waals surface area contributed by atoms with Crippen molar-refractivity contribution in [1.82, 2.24) is 0 Å². The molecule has 1 rings (SSSR count). The standard InChI is InChI=1S/C37H64O10/c1-12-13-14-24(3)36(44-20-38)29(8)33(39)26(5)17-23(2)18-27(6)35(46-22-43-11)25(4)15-16-31(45-21-42-10)19-32-28(7)34(40)30(9)37(41)47-32/h12-16,18,20,24-37,39-41H,1,17,19,21-22H2,2-11H3/b14-13-,16-15-,23-18-/t24-,25-,26?,27-,28?,29?,30+,31+,32-,33+,34-,35-,36-,37+/m0/s1. The number of ether oxygens (including phenoxy) is 6. The summed E-state index contributed by atoms with van der Waals surface area (Å²) in [5, 5.41) is 32.1. The van der Waals surface area contributed by atoms with Crippen molar-refractivity contribution in [2.45, 2.75) is 111 Å². The Bertz CT molecular complexity index is 967. The molecule has 14 atom stereocenters. The first-order valence-corrected chi connectivity index (χ1v) is 16.9. The zero-order chi connectivity index (χ0) is 35.7. The van der Waals surface area contributed by atoms with Crippen LogP contribution in [-0.4, -0.2) is 92.5 Å². The second kappa shape index (κ2) is 22.7. The molecule has 3 unspecified atom stereocenters. The van der Waals surface area contributed by atoms with Crippen molar-refractivity contribution < 1.29 is 48.5 Å². The Balaban J connectivity index is 3.04. The minimum absolute atomic E-state index is 0.00796. The van der Waals surface area contributed by atoms with E-state index in [2.05, 4.69) is 33.4 Å². The fourth-order valence-corrected chi connectivity index (χ4v) is 6.60. The zero-order valence-corrected chi connectivity index (χ0v) is 30.4. The summed E-state index contributed by atoms with van der Waals surface area (Å²) < 4.78 is 33.8. The zero-order valence-electron chi connectivity index (χ0n) is 30.4. The molecule has 0 spiro atoms. The van der Waals surface area contributed by atoms with Crippen molar-refractivity contribution >= 4 is 6.47 Å². The first-order valence-electron chi connectivity index (χ1n) is 16.9. The molecule has 3 N–H and O–H groups in total. The molecule has 1 fully saturated rings. The molecule has 0 aromatic carbocycles. The van der Waals surface area contributed by atoms with E-state index >= 15 is 0 Å². The Kier molecular flexibility index (Phi) is 20.8. The van der Waals surface area contributed by atoms with Gasteiger partial charge in [-0.15, -0.1) is 0 Å². The van der Waals surface area contributed by atoms with E-state index in [4.69, 9.17) is 28.4 Å². The minimum Gasteiger partial charge on any atom is -0.464 e. The maximum Gasteiger partial charge on any atom is 0.293 e. The molecule has 0 bridgehead atoms. The molecule has 10 nitrogen and oxygen atoms in total. The molecule has 0 radical (unpaired) electrons. The number of aliphatic hydroxyl groups excluding tert-OH is 3. The number of rotatable bonds is 23. The van der Waals surface area contributed by atoms with Crippen LogP contribution in [0.15, 0.2) is 48.6 Å². The minimum atomic E-state index is -1.04. The van der Waals surface area contributed by atoms with E-state index in [1.807, 2.05) is 52.0 Å². The van der Waals surface area contributed by atoms with Crippen molar-refractivity contribution in [2.24, 2.45) is 41.4 Å². The number of aliphatic hydroxyl groups is 3. The van der Waals surface area contributed by atoms with Gasteiger partial charge in [0.05, 0.1) is 30.5 Å². The molecule has 0 aromatic heterocycles. The molecule has 0 aliphatic carbocycles. The van der Waals surface area contributed by atoms with Crippen LogP contribution >= 0.6 is 0 Å². The molecule has 1 heterocycles. The molecule has 1 saturated heterocycles. The number of methoxy groups -OCH3 is 2. The van der Waals surface area contributed by atoms with Crippen LogP contribution in [0.1, 0.15) is 68.2 Å². The summed E-state index contributed by atoms with van der Waals surface area (Å²) in [6.07, 6.45) is 8.82. The lowest BCUT2D eigenvalue weighted by Crippen LogP contribution is -2.49. The van der Waals surface area contributed by atoms with E-state index in [0.29, 0.717) is 19.3 Å². The average molecular weight is 669 g/mol. The van der Waals surface area contributed by atoms with Gasteiger partial charge in [0.25, 0.3) is 6.47 Å². The number of carbonyl (C=O) groups is 1. The van der Waals surface area contributed by atoms with Crippen molar-refractivity contribution in [3.8, 4) is 0 Å². The maximum absolute atomic E-state index is 11.2. The Hall–Kier alpha value is -1.89. The van der Waals surface area contributed by atoms with Gasteiger partial charge >= 0.3 is 0 Å². The fraction of sp³-hybridized carbons (Fsp3) is 0.757. The van der Waals surface area contributed by atoms with Gasteiger partial charge < -0.3 is 43.7 Å². The van der Waals surface area contributed by atoms with Gasteiger partial charge in [-0.25, -0.2) is 0 Å². The van der Waals surface area contributed by atoms with Gasteiger partial charge in [0.1, 0.15) is 19.7 Å². The predicted molar refractivity (Wildman–Crippen MR) is 183 cm³/mol. The van der Waals surface area contributed by atoms with Crippen LogP contribution in [0.25, 0.3) is 0 Å². The van der Waals surface area contributed by atoms with Crippen molar-refractivity contribution in [1.29, 1.82) is 0 Å². The van der Waals surface area contributed by atoms with Crippen LogP contribution in [0, 0.1) is 41.4 Å². The van der Waals surface area contributed by atoms with E-state index in [0.717, 1.165) is 5.57 Å². The highest BCUT2D eigenvalue weighted by Gasteiger charge is 2.40. The lowest BCUT2D eigenvalue weighted by molar-refractivity contribution is -0.247. The molecule has 0 aromatic rings. The second-order valence-electron chi connectivity index (χ2n) is 13.5. The summed E-state index contributed by atoms with van der Waals surface area (Å²) in [6, 6.07) is 0. The smallest absolute Gasteiger partial charge is 0.293 e. The molecule has 10 heteroatoms. The molecular formula is C37H64O10. The van der Waals surface area contributed by atoms with Crippen LogP contribution in [0.2, 0.25) is 0 Å². The summed E-state index contributed by atoms with van der Waals surface area (Å²) in [6.45, 7) is 20.1. The van der Waals surface area contributed by atoms with Gasteiger partial charge in [-0.05, 0) is 19.3 Å². The number of hydrogen-bond acceptors (Lipinski definition) is 10. The van der Waals surface area contributed by atoms with E-state index in [1.54, 1.807) is 27.2 Å². The molecule has 0 saturated carbocycles. The van der Waals surface area contributed by atoms with Gasteiger partial charge in [-0.2, -0.15) is 0 Å². The molecule has 1 aliphatic rings.